The summed E-state index contributed by atoms with van der Waals surface area (Å²) < 4.78 is 13.6. The van der Waals surface area contributed by atoms with Crippen LogP contribution < -0.4 is 11.1 Å². The van der Waals surface area contributed by atoms with Crippen molar-refractivity contribution in [2.24, 2.45) is 0 Å². The normalized spacial score (nSPS) is 10.4. The molecule has 1 aromatic carbocycles. The fraction of sp³-hybridized carbons (Fsp3) is 0.167. The molecule has 0 aliphatic carbocycles. The third-order valence-corrected chi connectivity index (χ3v) is 2.71. The van der Waals surface area contributed by atoms with Crippen LogP contribution in [0, 0.1) is 19.7 Å². The lowest BCUT2D eigenvalue weighted by atomic mass is 10.2. The van der Waals surface area contributed by atoms with Crippen LogP contribution in [0.3, 0.4) is 0 Å². The largest absolute Gasteiger partial charge is 0.383 e. The minimum atomic E-state index is -0.447. The van der Waals surface area contributed by atoms with Crippen molar-refractivity contribution in [3.8, 4) is 0 Å². The number of nitrogens with zero attached hydrogens (tertiary/aromatic N) is 2. The molecule has 0 aliphatic rings. The van der Waals surface area contributed by atoms with Gasteiger partial charge in [-0.2, -0.15) is 0 Å². The summed E-state index contributed by atoms with van der Waals surface area (Å²) in [4.78, 5) is 8.21. The smallest absolute Gasteiger partial charge is 0.148 e. The highest BCUT2D eigenvalue weighted by atomic mass is 35.5. The number of nitrogen functional groups attached to an aromatic ring is 1. The van der Waals surface area contributed by atoms with Gasteiger partial charge in [-0.3, -0.25) is 0 Å². The molecule has 6 heteroatoms. The van der Waals surface area contributed by atoms with Gasteiger partial charge < -0.3 is 11.1 Å². The maximum absolute atomic E-state index is 13.6. The van der Waals surface area contributed by atoms with E-state index in [2.05, 4.69) is 15.3 Å². The van der Waals surface area contributed by atoms with E-state index in [0.29, 0.717) is 33.7 Å². The molecule has 3 N–H and O–H groups in total. The molecule has 4 nitrogen and oxygen atoms in total. The molecule has 0 saturated heterocycles. The van der Waals surface area contributed by atoms with Gasteiger partial charge in [0.25, 0.3) is 0 Å². The third kappa shape index (κ3) is 2.51. The molecule has 1 aromatic heterocycles. The van der Waals surface area contributed by atoms with E-state index < -0.39 is 5.82 Å². The highest BCUT2D eigenvalue weighted by Crippen LogP contribution is 2.25. The molecule has 0 spiro atoms. The summed E-state index contributed by atoms with van der Waals surface area (Å²) in [5.74, 6) is 0.937. The number of aryl methyl sites for hydroxylation is 1. The van der Waals surface area contributed by atoms with Crippen LogP contribution in [0.1, 0.15) is 11.4 Å². The number of hydrogen-bond acceptors (Lipinski definition) is 4. The predicted octanol–water partition coefficient (Wildman–Crippen LogP) is 3.21. The molecule has 0 unspecified atom stereocenters. The number of hydrogen-bond donors (Lipinski definition) is 2. The summed E-state index contributed by atoms with van der Waals surface area (Å²) in [6, 6.07) is 4.38. The maximum atomic E-state index is 13.6. The second-order valence-corrected chi connectivity index (χ2v) is 4.32. The van der Waals surface area contributed by atoms with Gasteiger partial charge in [0.15, 0.2) is 0 Å². The highest BCUT2D eigenvalue weighted by molar-refractivity contribution is 6.30. The zero-order valence-electron chi connectivity index (χ0n) is 9.96. The van der Waals surface area contributed by atoms with Crippen LogP contribution in [0.15, 0.2) is 18.2 Å². The van der Waals surface area contributed by atoms with E-state index in [1.54, 1.807) is 26.0 Å². The van der Waals surface area contributed by atoms with Crippen molar-refractivity contribution in [1.29, 1.82) is 0 Å². The van der Waals surface area contributed by atoms with Crippen molar-refractivity contribution in [2.75, 3.05) is 11.1 Å². The van der Waals surface area contributed by atoms with E-state index in [0.717, 1.165) is 0 Å². The van der Waals surface area contributed by atoms with Crippen LogP contribution >= 0.6 is 11.6 Å². The second-order valence-electron chi connectivity index (χ2n) is 3.88. The minimum absolute atomic E-state index is 0.292. The molecule has 0 radical (unpaired) electrons. The molecule has 2 rings (SSSR count). The molecule has 0 bridgehead atoms. The van der Waals surface area contributed by atoms with Gasteiger partial charge in [-0.1, -0.05) is 11.6 Å². The van der Waals surface area contributed by atoms with Gasteiger partial charge in [-0.05, 0) is 32.0 Å². The number of nitrogens with one attached hydrogen (secondary N) is 1. The zero-order valence-corrected chi connectivity index (χ0v) is 10.7. The Labute approximate surface area is 109 Å². The molecular weight excluding hydrogens is 255 g/mol. The Morgan fingerprint density at radius 2 is 2.00 bits per heavy atom. The van der Waals surface area contributed by atoms with Crippen LogP contribution in [0.5, 0.6) is 0 Å². The Morgan fingerprint density at radius 3 is 2.67 bits per heavy atom. The quantitative estimate of drug-likeness (QED) is 0.876. The third-order valence-electron chi connectivity index (χ3n) is 2.48. The van der Waals surface area contributed by atoms with Gasteiger partial charge in [-0.25, -0.2) is 14.4 Å². The first kappa shape index (κ1) is 12.6. The molecule has 18 heavy (non-hydrogen) atoms. The molecule has 0 saturated carbocycles. The van der Waals surface area contributed by atoms with Gasteiger partial charge in [0.05, 0.1) is 5.69 Å². The van der Waals surface area contributed by atoms with E-state index >= 15 is 0 Å². The van der Waals surface area contributed by atoms with Crippen molar-refractivity contribution in [1.82, 2.24) is 9.97 Å². The monoisotopic (exact) mass is 266 g/mol. The molecule has 1 heterocycles. The van der Waals surface area contributed by atoms with Crippen LogP contribution in [-0.2, 0) is 0 Å². The fourth-order valence-electron chi connectivity index (χ4n) is 1.49. The Kier molecular flexibility index (Phi) is 3.34. The summed E-state index contributed by atoms with van der Waals surface area (Å²) in [6.07, 6.45) is 0. The molecule has 0 fully saturated rings. The minimum Gasteiger partial charge on any atom is -0.383 e. The van der Waals surface area contributed by atoms with Gasteiger partial charge in [0.2, 0.25) is 0 Å². The number of nitrogens with two attached hydrogens (primary N) is 1. The summed E-state index contributed by atoms with van der Waals surface area (Å²) in [5, 5.41) is 3.23. The lowest BCUT2D eigenvalue weighted by Crippen LogP contribution is -2.05. The van der Waals surface area contributed by atoms with E-state index in [1.165, 1.54) is 6.07 Å². The molecule has 0 aliphatic heterocycles. The SMILES string of the molecule is Cc1nc(N)c(C)c(Nc2ccc(Cl)cc2F)n1. The summed E-state index contributed by atoms with van der Waals surface area (Å²) in [5.41, 5.74) is 6.70. The van der Waals surface area contributed by atoms with Crippen molar-refractivity contribution in [3.05, 3.63) is 40.4 Å². The molecule has 0 atom stereocenters. The lowest BCUT2D eigenvalue weighted by Gasteiger charge is -2.11. The van der Waals surface area contributed by atoms with Crippen molar-refractivity contribution in [3.63, 3.8) is 0 Å². The summed E-state index contributed by atoms with van der Waals surface area (Å²) in [7, 11) is 0. The maximum Gasteiger partial charge on any atom is 0.148 e. The molecule has 0 amide bonds. The molecule has 94 valence electrons. The Balaban J connectivity index is 2.40. The van der Waals surface area contributed by atoms with Crippen molar-refractivity contribution < 1.29 is 4.39 Å². The van der Waals surface area contributed by atoms with Gasteiger partial charge in [0, 0.05) is 10.6 Å². The first-order valence-corrected chi connectivity index (χ1v) is 5.68. The number of halogens is 2. The summed E-state index contributed by atoms with van der Waals surface area (Å²) >= 11 is 5.69. The topological polar surface area (TPSA) is 63.8 Å². The van der Waals surface area contributed by atoms with Crippen LogP contribution in [0.25, 0.3) is 0 Å². The van der Waals surface area contributed by atoms with Gasteiger partial charge in [0.1, 0.15) is 23.3 Å². The van der Waals surface area contributed by atoms with Crippen molar-refractivity contribution >= 4 is 28.9 Å². The average Bonchev–Trinajstić information content (AvgIpc) is 2.29. The van der Waals surface area contributed by atoms with Crippen LogP contribution in [0.2, 0.25) is 5.02 Å². The lowest BCUT2D eigenvalue weighted by molar-refractivity contribution is 0.632. The van der Waals surface area contributed by atoms with E-state index in [4.69, 9.17) is 17.3 Å². The number of rotatable bonds is 2. The standard InChI is InChI=1S/C12H12ClFN4/c1-6-11(15)16-7(2)17-12(6)18-10-4-3-8(13)5-9(10)14/h3-5H,1-2H3,(H3,15,16,17,18). The average molecular weight is 267 g/mol. The molecule has 2 aromatic rings. The highest BCUT2D eigenvalue weighted by Gasteiger charge is 2.09. The van der Waals surface area contributed by atoms with Crippen LogP contribution in [0.4, 0.5) is 21.7 Å². The van der Waals surface area contributed by atoms with E-state index in [9.17, 15) is 4.39 Å². The Morgan fingerprint density at radius 1 is 1.28 bits per heavy atom. The van der Waals surface area contributed by atoms with E-state index in [1.807, 2.05) is 0 Å². The number of aromatic nitrogens is 2. The van der Waals surface area contributed by atoms with Gasteiger partial charge >= 0.3 is 0 Å². The predicted molar refractivity (Wildman–Crippen MR) is 70.6 cm³/mol. The van der Waals surface area contributed by atoms with Crippen LogP contribution in [-0.4, -0.2) is 9.97 Å². The van der Waals surface area contributed by atoms with Gasteiger partial charge in [-0.15, -0.1) is 0 Å². The van der Waals surface area contributed by atoms with E-state index in [-0.39, 0.29) is 0 Å². The Bertz CT molecular complexity index is 601. The number of benzene rings is 1. The number of anilines is 3. The van der Waals surface area contributed by atoms with Crippen molar-refractivity contribution in [2.45, 2.75) is 13.8 Å². The first-order valence-electron chi connectivity index (χ1n) is 5.30. The summed E-state index contributed by atoms with van der Waals surface area (Å²) in [6.45, 7) is 3.49. The first-order chi connectivity index (χ1) is 8.47. The fourth-order valence-corrected chi connectivity index (χ4v) is 1.65. The zero-order chi connectivity index (χ0) is 13.3. The Hall–Kier alpha value is -1.88. The second kappa shape index (κ2) is 4.78. The molecular formula is C12H12ClFN4.